The van der Waals surface area contributed by atoms with Crippen LogP contribution in [0.25, 0.3) is 0 Å². The van der Waals surface area contributed by atoms with Crippen LogP contribution in [0.1, 0.15) is 34.1 Å². The Morgan fingerprint density at radius 1 is 1.03 bits per heavy atom. The van der Waals surface area contributed by atoms with E-state index < -0.39 is 50.9 Å². The number of benzene rings is 2. The molecule has 1 amide bonds. The second kappa shape index (κ2) is 13.2. The van der Waals surface area contributed by atoms with E-state index in [1.807, 2.05) is 0 Å². The van der Waals surface area contributed by atoms with E-state index in [1.165, 1.54) is 40.0 Å². The van der Waals surface area contributed by atoms with E-state index in [-0.39, 0.29) is 34.4 Å². The van der Waals surface area contributed by atoms with Crippen molar-refractivity contribution in [1.29, 1.82) is 0 Å². The molecular weight excluding hydrogens is 540 g/mol. The van der Waals surface area contributed by atoms with E-state index in [0.29, 0.717) is 11.8 Å². The van der Waals surface area contributed by atoms with Gasteiger partial charge < -0.3 is 20.1 Å². The van der Waals surface area contributed by atoms with Crippen LogP contribution >= 0.6 is 11.6 Å². The Labute approximate surface area is 226 Å². The normalized spacial score (nSPS) is 12.4. The summed E-state index contributed by atoms with van der Waals surface area (Å²) in [6, 6.07) is 3.91. The van der Waals surface area contributed by atoms with Gasteiger partial charge in [0.2, 0.25) is 5.91 Å². The molecule has 0 heterocycles. The van der Waals surface area contributed by atoms with Crippen LogP contribution in [-0.4, -0.2) is 46.8 Å². The topological polar surface area (TPSA) is 205 Å². The zero-order valence-electron chi connectivity index (χ0n) is 21.5. The summed E-state index contributed by atoms with van der Waals surface area (Å²) in [5.74, 6) is -1.17. The number of hydrogen-bond donors (Lipinski definition) is 2. The molecule has 0 aromatic heterocycles. The number of halogens is 1. The van der Waals surface area contributed by atoms with Gasteiger partial charge in [-0.1, -0.05) is 11.6 Å². The number of Topliss-reactive ketones (excluding diaryl/α,β-unsaturated/α-hetero) is 1. The zero-order valence-corrected chi connectivity index (χ0v) is 22.3. The zero-order chi connectivity index (χ0) is 29.4. The van der Waals surface area contributed by atoms with Gasteiger partial charge in [0.1, 0.15) is 11.4 Å². The largest absolute Gasteiger partial charge is 0.495 e. The lowest BCUT2D eigenvalue weighted by molar-refractivity contribution is -0.393. The van der Waals surface area contributed by atoms with Gasteiger partial charge >= 0.3 is 11.7 Å². The van der Waals surface area contributed by atoms with Gasteiger partial charge in [-0.2, -0.15) is 0 Å². The Bertz CT molecular complexity index is 1350. The molecule has 16 heteroatoms. The van der Waals surface area contributed by atoms with Crippen molar-refractivity contribution in [1.82, 2.24) is 0 Å². The Morgan fingerprint density at radius 3 is 2.23 bits per heavy atom. The number of carbonyl (C=O) groups excluding carboxylic acids is 3. The number of anilines is 2. The Hall–Kier alpha value is -4.66. The maximum absolute atomic E-state index is 12.1. The quantitative estimate of drug-likeness (QED) is 0.148. The highest BCUT2D eigenvalue weighted by Gasteiger charge is 2.24. The number of ketones is 1. The molecule has 0 spiro atoms. The van der Waals surface area contributed by atoms with Crippen LogP contribution in [-0.2, 0) is 19.1 Å². The summed E-state index contributed by atoms with van der Waals surface area (Å²) in [6.45, 7) is 5.69. The molecule has 0 bridgehead atoms. The number of amides is 1. The van der Waals surface area contributed by atoms with Crippen LogP contribution in [0.15, 0.2) is 34.5 Å². The number of methoxy groups -OCH3 is 1. The van der Waals surface area contributed by atoms with Crippen LogP contribution in [0.4, 0.5) is 34.1 Å². The lowest BCUT2D eigenvalue weighted by atomic mass is 10.1. The summed E-state index contributed by atoms with van der Waals surface area (Å²) < 4.78 is 10.4. The Balaban J connectivity index is 2.45. The molecule has 0 aliphatic heterocycles. The van der Waals surface area contributed by atoms with Crippen molar-refractivity contribution < 1.29 is 33.7 Å². The minimum atomic E-state index is -0.890. The number of nitrogens with zero attached hydrogens (tertiary/aromatic N) is 4. The van der Waals surface area contributed by atoms with Crippen LogP contribution in [0, 0.1) is 20.2 Å². The third-order valence-corrected chi connectivity index (χ3v) is 5.37. The number of ether oxygens (including phenoxy) is 2. The van der Waals surface area contributed by atoms with Crippen LogP contribution in [0.3, 0.4) is 0 Å². The monoisotopic (exact) mass is 564 g/mol. The molecule has 2 rings (SSSR count). The highest BCUT2D eigenvalue weighted by molar-refractivity contribution is 6.33. The molecule has 2 aromatic rings. The molecule has 0 saturated heterocycles. The number of non-ortho nitro benzene ring substituents is 1. The first kappa shape index (κ1) is 30.6. The van der Waals surface area contributed by atoms with Gasteiger partial charge in [0.25, 0.3) is 5.69 Å². The van der Waals surface area contributed by atoms with Gasteiger partial charge in [0.15, 0.2) is 17.6 Å². The van der Waals surface area contributed by atoms with Gasteiger partial charge in [-0.15, -0.1) is 10.2 Å². The molecule has 0 aliphatic carbocycles. The van der Waals surface area contributed by atoms with E-state index in [2.05, 4.69) is 20.9 Å². The first-order chi connectivity index (χ1) is 18.2. The van der Waals surface area contributed by atoms with Crippen LogP contribution in [0.5, 0.6) is 5.75 Å². The van der Waals surface area contributed by atoms with Crippen LogP contribution < -0.4 is 15.4 Å². The molecule has 0 aliphatic rings. The van der Waals surface area contributed by atoms with E-state index in [0.717, 1.165) is 6.07 Å². The SMILES string of the molecule is COc1cc(/N=N/c2c(Cl)cc([N+](=O)[O-])cc2[N+](=O)[O-])c(NC(C)=O)cc1NC(C)CC(=O)OC(C)C(C)=O. The van der Waals surface area contributed by atoms with Gasteiger partial charge in [-0.05, 0) is 26.8 Å². The lowest BCUT2D eigenvalue weighted by Crippen LogP contribution is -2.26. The lowest BCUT2D eigenvalue weighted by Gasteiger charge is -2.19. The molecule has 208 valence electrons. The number of nitrogens with one attached hydrogen (secondary N) is 2. The van der Waals surface area contributed by atoms with Crippen molar-refractivity contribution in [3.05, 3.63) is 49.5 Å². The fourth-order valence-electron chi connectivity index (χ4n) is 3.14. The first-order valence-corrected chi connectivity index (χ1v) is 11.6. The number of hydrogen-bond acceptors (Lipinski definition) is 12. The fraction of sp³-hybridized carbons (Fsp3) is 0.348. The highest BCUT2D eigenvalue weighted by Crippen LogP contribution is 2.42. The second-order valence-electron chi connectivity index (χ2n) is 8.25. The minimum Gasteiger partial charge on any atom is -0.495 e. The molecule has 15 nitrogen and oxygen atoms in total. The maximum atomic E-state index is 12.1. The first-order valence-electron chi connectivity index (χ1n) is 11.2. The van der Waals surface area contributed by atoms with E-state index in [1.54, 1.807) is 6.92 Å². The summed E-state index contributed by atoms with van der Waals surface area (Å²) in [6.07, 6.45) is -0.977. The number of esters is 1. The Morgan fingerprint density at radius 2 is 1.69 bits per heavy atom. The maximum Gasteiger partial charge on any atom is 0.308 e. The van der Waals surface area contributed by atoms with E-state index in [9.17, 15) is 34.6 Å². The van der Waals surface area contributed by atoms with Gasteiger partial charge in [-0.25, -0.2) is 0 Å². The molecule has 2 N–H and O–H groups in total. The third kappa shape index (κ3) is 8.43. The van der Waals surface area contributed by atoms with Gasteiger partial charge in [0.05, 0.1) is 45.8 Å². The smallest absolute Gasteiger partial charge is 0.308 e. The van der Waals surface area contributed by atoms with Crippen molar-refractivity contribution in [2.24, 2.45) is 10.2 Å². The van der Waals surface area contributed by atoms with Crippen molar-refractivity contribution in [2.75, 3.05) is 17.7 Å². The number of nitro groups is 2. The molecule has 0 saturated carbocycles. The van der Waals surface area contributed by atoms with Gasteiger partial charge in [0, 0.05) is 25.1 Å². The molecule has 39 heavy (non-hydrogen) atoms. The number of carbonyl (C=O) groups is 3. The molecule has 2 atom stereocenters. The van der Waals surface area contributed by atoms with Crippen LogP contribution in [0.2, 0.25) is 5.02 Å². The molecule has 0 radical (unpaired) electrons. The molecule has 0 fully saturated rings. The summed E-state index contributed by atoms with van der Waals surface area (Å²) >= 11 is 6.02. The average Bonchev–Trinajstić information content (AvgIpc) is 2.82. The Kier molecular flexibility index (Phi) is 10.4. The van der Waals surface area contributed by atoms with Gasteiger partial charge in [-0.3, -0.25) is 34.6 Å². The van der Waals surface area contributed by atoms with Crippen molar-refractivity contribution in [2.45, 2.75) is 46.3 Å². The highest BCUT2D eigenvalue weighted by atomic mass is 35.5. The number of nitro benzene ring substituents is 2. The minimum absolute atomic E-state index is 0.0127. The molecular formula is C23H25ClN6O9. The third-order valence-electron chi connectivity index (χ3n) is 5.08. The predicted molar refractivity (Wildman–Crippen MR) is 140 cm³/mol. The second-order valence-corrected chi connectivity index (χ2v) is 8.66. The predicted octanol–water partition coefficient (Wildman–Crippen LogP) is 5.25. The number of rotatable bonds is 12. The van der Waals surface area contributed by atoms with Crippen molar-refractivity contribution in [3.8, 4) is 5.75 Å². The standard InChI is InChI=1S/C23H25ClN6O9/c1-11(6-22(33)39-13(3)12(2)31)25-19-9-17(26-14(4)32)18(10-21(19)38-5)27-28-23-16(24)7-15(29(34)35)8-20(23)30(36)37/h7-11,13,25H,6H2,1-5H3,(H,26,32)/b28-27+. The van der Waals surface area contributed by atoms with Crippen molar-refractivity contribution in [3.63, 3.8) is 0 Å². The average molecular weight is 565 g/mol. The number of azo groups is 1. The van der Waals surface area contributed by atoms with E-state index >= 15 is 0 Å². The summed E-state index contributed by atoms with van der Waals surface area (Å²) in [4.78, 5) is 56.1. The fourth-order valence-corrected chi connectivity index (χ4v) is 3.38. The van der Waals surface area contributed by atoms with E-state index in [4.69, 9.17) is 21.1 Å². The molecule has 2 aromatic carbocycles. The summed E-state index contributed by atoms with van der Waals surface area (Å²) in [5.41, 5.74) is -1.30. The molecule has 2 unspecified atom stereocenters. The summed E-state index contributed by atoms with van der Waals surface area (Å²) in [7, 11) is 1.35. The summed E-state index contributed by atoms with van der Waals surface area (Å²) in [5, 5.41) is 35.5. The van der Waals surface area contributed by atoms with Crippen molar-refractivity contribution >= 4 is 63.4 Å².